The molecule has 1 aliphatic carbocycles. The highest BCUT2D eigenvalue weighted by molar-refractivity contribution is 5.80. The number of nitrogens with one attached hydrogen (secondary N) is 1. The Morgan fingerprint density at radius 3 is 2.59 bits per heavy atom. The first-order valence-corrected chi connectivity index (χ1v) is 5.70. The van der Waals surface area contributed by atoms with Crippen molar-refractivity contribution in [1.82, 2.24) is 5.32 Å². The molecule has 0 aliphatic heterocycles. The van der Waals surface area contributed by atoms with E-state index >= 15 is 0 Å². The Morgan fingerprint density at radius 2 is 2.12 bits per heavy atom. The standard InChI is InChI=1S/C11H21N3O3/c1-10(2)7(6-8(12)14-17)4-5-11(10,3)13-9(15)16/h7,13,17H,4-6H2,1-3H3,(H2,12,14)(H,15,16)/t7-,11-/m0/s1. The van der Waals surface area contributed by atoms with Crippen LogP contribution in [-0.2, 0) is 0 Å². The lowest BCUT2D eigenvalue weighted by atomic mass is 9.70. The SMILES string of the molecule is CC1(C)[C@H](C/C(N)=N/O)CC[C@]1(C)NC(=O)O. The number of carboxylic acid groups (broad SMARTS) is 1. The molecule has 0 aromatic heterocycles. The van der Waals surface area contributed by atoms with Gasteiger partial charge in [-0.3, -0.25) is 0 Å². The third-order valence-corrected chi connectivity index (χ3v) is 4.40. The van der Waals surface area contributed by atoms with E-state index in [0.717, 1.165) is 12.8 Å². The summed E-state index contributed by atoms with van der Waals surface area (Å²) in [6, 6.07) is 0. The molecule has 0 heterocycles. The number of nitrogens with zero attached hydrogens (tertiary/aromatic N) is 1. The van der Waals surface area contributed by atoms with Crippen LogP contribution in [-0.4, -0.2) is 27.8 Å². The van der Waals surface area contributed by atoms with Gasteiger partial charge in [0.25, 0.3) is 0 Å². The molecule has 0 radical (unpaired) electrons. The molecule has 5 N–H and O–H groups in total. The first-order chi connectivity index (χ1) is 7.73. The lowest BCUT2D eigenvalue weighted by molar-refractivity contribution is 0.117. The molecule has 1 rings (SSSR count). The van der Waals surface area contributed by atoms with Crippen LogP contribution in [0.3, 0.4) is 0 Å². The molecule has 6 nitrogen and oxygen atoms in total. The van der Waals surface area contributed by atoms with E-state index in [1.165, 1.54) is 0 Å². The maximum atomic E-state index is 10.8. The van der Waals surface area contributed by atoms with Gasteiger partial charge in [0.05, 0.1) is 0 Å². The van der Waals surface area contributed by atoms with Gasteiger partial charge in [-0.05, 0) is 31.1 Å². The highest BCUT2D eigenvalue weighted by atomic mass is 16.4. The zero-order valence-corrected chi connectivity index (χ0v) is 10.5. The lowest BCUT2D eigenvalue weighted by Gasteiger charge is -2.41. The number of hydrogen-bond acceptors (Lipinski definition) is 3. The number of amides is 1. The molecule has 0 aromatic carbocycles. The number of oxime groups is 1. The number of carbonyl (C=O) groups is 1. The molecule has 0 saturated heterocycles. The van der Waals surface area contributed by atoms with Crippen LogP contribution >= 0.6 is 0 Å². The van der Waals surface area contributed by atoms with Crippen molar-refractivity contribution in [2.45, 2.75) is 45.6 Å². The van der Waals surface area contributed by atoms with Gasteiger partial charge in [0.15, 0.2) is 0 Å². The van der Waals surface area contributed by atoms with E-state index < -0.39 is 11.6 Å². The van der Waals surface area contributed by atoms with E-state index in [4.69, 9.17) is 16.0 Å². The molecule has 98 valence electrons. The van der Waals surface area contributed by atoms with Crippen LogP contribution in [0.15, 0.2) is 5.16 Å². The van der Waals surface area contributed by atoms with Gasteiger partial charge in [-0.2, -0.15) is 0 Å². The first-order valence-electron chi connectivity index (χ1n) is 5.70. The fraction of sp³-hybridized carbons (Fsp3) is 0.818. The minimum absolute atomic E-state index is 0.197. The average molecular weight is 243 g/mol. The zero-order chi connectivity index (χ0) is 13.3. The molecule has 1 fully saturated rings. The average Bonchev–Trinajstić information content (AvgIpc) is 2.40. The molecule has 17 heavy (non-hydrogen) atoms. The van der Waals surface area contributed by atoms with Gasteiger partial charge < -0.3 is 21.4 Å². The Bertz CT molecular complexity index is 341. The van der Waals surface area contributed by atoms with Gasteiger partial charge in [0, 0.05) is 12.0 Å². The number of amidine groups is 1. The first kappa shape index (κ1) is 13.6. The third kappa shape index (κ3) is 2.45. The molecule has 0 bridgehead atoms. The Hall–Kier alpha value is -1.46. The summed E-state index contributed by atoms with van der Waals surface area (Å²) in [5, 5.41) is 23.1. The van der Waals surface area contributed by atoms with Crippen LogP contribution in [0.2, 0.25) is 0 Å². The van der Waals surface area contributed by atoms with E-state index in [-0.39, 0.29) is 17.2 Å². The molecule has 0 spiro atoms. The molecule has 1 aliphatic rings. The van der Waals surface area contributed by atoms with Gasteiger partial charge in [-0.25, -0.2) is 4.79 Å². The Morgan fingerprint density at radius 1 is 1.53 bits per heavy atom. The van der Waals surface area contributed by atoms with Crippen molar-refractivity contribution in [3.63, 3.8) is 0 Å². The Balaban J connectivity index is 2.85. The lowest BCUT2D eigenvalue weighted by Crippen LogP contribution is -2.54. The van der Waals surface area contributed by atoms with Crippen LogP contribution in [0.5, 0.6) is 0 Å². The van der Waals surface area contributed by atoms with Crippen LogP contribution in [0.1, 0.15) is 40.0 Å². The van der Waals surface area contributed by atoms with Gasteiger partial charge in [-0.1, -0.05) is 19.0 Å². The monoisotopic (exact) mass is 243 g/mol. The predicted molar refractivity (Wildman–Crippen MR) is 64.1 cm³/mol. The van der Waals surface area contributed by atoms with Crippen molar-refractivity contribution in [3.05, 3.63) is 0 Å². The van der Waals surface area contributed by atoms with Gasteiger partial charge in [0.2, 0.25) is 0 Å². The predicted octanol–water partition coefficient (Wildman–Crippen LogP) is 1.59. The normalized spacial score (nSPS) is 32.4. The van der Waals surface area contributed by atoms with Crippen LogP contribution in [0, 0.1) is 11.3 Å². The van der Waals surface area contributed by atoms with E-state index in [0.29, 0.717) is 6.42 Å². The minimum Gasteiger partial charge on any atom is -0.465 e. The smallest absolute Gasteiger partial charge is 0.405 e. The molecule has 6 heteroatoms. The van der Waals surface area contributed by atoms with Crippen molar-refractivity contribution in [2.75, 3.05) is 0 Å². The second-order valence-corrected chi connectivity index (χ2v) is 5.52. The summed E-state index contributed by atoms with van der Waals surface area (Å²) in [5.41, 5.74) is 4.82. The van der Waals surface area contributed by atoms with Crippen LogP contribution in [0.4, 0.5) is 4.79 Å². The van der Waals surface area contributed by atoms with E-state index in [9.17, 15) is 4.79 Å². The van der Waals surface area contributed by atoms with Crippen LogP contribution < -0.4 is 11.1 Å². The van der Waals surface area contributed by atoms with E-state index in [2.05, 4.69) is 10.5 Å². The van der Waals surface area contributed by atoms with Gasteiger partial charge in [-0.15, -0.1) is 0 Å². The fourth-order valence-corrected chi connectivity index (χ4v) is 2.71. The van der Waals surface area contributed by atoms with E-state index in [1.54, 1.807) is 0 Å². The summed E-state index contributed by atoms with van der Waals surface area (Å²) in [6.45, 7) is 5.95. The van der Waals surface area contributed by atoms with Crippen LogP contribution in [0.25, 0.3) is 0 Å². The largest absolute Gasteiger partial charge is 0.465 e. The maximum absolute atomic E-state index is 10.8. The summed E-state index contributed by atoms with van der Waals surface area (Å²) in [5.74, 6) is 0.401. The van der Waals surface area contributed by atoms with Crippen molar-refractivity contribution in [2.24, 2.45) is 22.2 Å². The number of rotatable bonds is 3. The van der Waals surface area contributed by atoms with E-state index in [1.807, 2.05) is 20.8 Å². The highest BCUT2D eigenvalue weighted by Crippen LogP contribution is 2.51. The summed E-state index contributed by atoms with van der Waals surface area (Å²) < 4.78 is 0. The molecular weight excluding hydrogens is 222 g/mol. The third-order valence-electron chi connectivity index (χ3n) is 4.40. The summed E-state index contributed by atoms with van der Waals surface area (Å²) >= 11 is 0. The maximum Gasteiger partial charge on any atom is 0.405 e. The van der Waals surface area contributed by atoms with Gasteiger partial charge >= 0.3 is 6.09 Å². The van der Waals surface area contributed by atoms with Crippen molar-refractivity contribution in [1.29, 1.82) is 0 Å². The number of hydrogen-bond donors (Lipinski definition) is 4. The molecular formula is C11H21N3O3. The Kier molecular flexibility index (Phi) is 3.54. The number of nitrogens with two attached hydrogens (primary N) is 1. The molecule has 2 atom stereocenters. The van der Waals surface area contributed by atoms with Gasteiger partial charge in [0.1, 0.15) is 5.84 Å². The fourth-order valence-electron chi connectivity index (χ4n) is 2.71. The second-order valence-electron chi connectivity index (χ2n) is 5.52. The summed E-state index contributed by atoms with van der Waals surface area (Å²) in [6.07, 6.45) is 1.10. The highest BCUT2D eigenvalue weighted by Gasteiger charge is 2.52. The molecule has 0 unspecified atom stereocenters. The van der Waals surface area contributed by atoms with Crippen molar-refractivity contribution < 1.29 is 15.1 Å². The topological polar surface area (TPSA) is 108 Å². The summed E-state index contributed by atoms with van der Waals surface area (Å²) in [4.78, 5) is 10.8. The zero-order valence-electron chi connectivity index (χ0n) is 10.5. The Labute approximate surface area is 101 Å². The minimum atomic E-state index is -1.01. The summed E-state index contributed by atoms with van der Waals surface area (Å²) in [7, 11) is 0. The molecule has 0 aromatic rings. The van der Waals surface area contributed by atoms with Crippen molar-refractivity contribution >= 4 is 11.9 Å². The van der Waals surface area contributed by atoms with Crippen molar-refractivity contribution in [3.8, 4) is 0 Å². The second kappa shape index (κ2) is 4.43. The molecule has 1 saturated carbocycles. The molecule has 1 amide bonds. The quantitative estimate of drug-likeness (QED) is 0.261.